The van der Waals surface area contributed by atoms with Crippen LogP contribution in [0, 0.1) is 0 Å². The third kappa shape index (κ3) is 2.29. The number of nitrogens with zero attached hydrogens (tertiary/aromatic N) is 2. The van der Waals surface area contributed by atoms with Crippen LogP contribution in [0.4, 0.5) is 5.82 Å². The fourth-order valence-electron chi connectivity index (χ4n) is 4.17. The lowest BCUT2D eigenvalue weighted by molar-refractivity contribution is 0.0169. The van der Waals surface area contributed by atoms with Gasteiger partial charge in [-0.1, -0.05) is 11.6 Å². The number of halogens is 2. The summed E-state index contributed by atoms with van der Waals surface area (Å²) in [5.41, 5.74) is 1.39. The van der Waals surface area contributed by atoms with Crippen LogP contribution >= 0.6 is 27.5 Å². The fourth-order valence-corrected chi connectivity index (χ4v) is 4.80. The van der Waals surface area contributed by atoms with Crippen molar-refractivity contribution in [2.45, 2.75) is 30.7 Å². The summed E-state index contributed by atoms with van der Waals surface area (Å²) in [6.07, 6.45) is 5.39. The molecule has 21 heavy (non-hydrogen) atoms. The van der Waals surface area contributed by atoms with Gasteiger partial charge in [0.25, 0.3) is 0 Å². The molecule has 1 aromatic heterocycles. The zero-order valence-corrected chi connectivity index (χ0v) is 14.2. The quantitative estimate of drug-likeness (QED) is 0.822. The first-order valence-electron chi connectivity index (χ1n) is 7.60. The van der Waals surface area contributed by atoms with E-state index in [0.29, 0.717) is 6.04 Å². The number of aromatic nitrogens is 1. The standard InChI is InChI=1S/C15H19BrClN3O/c16-11-8-18-14-12(13(11)17)15(9-19-14)2-1-10(7-15)20-3-5-21-6-4-20/h8,10H,1-7,9H2,(H,18,19). The van der Waals surface area contributed by atoms with Gasteiger partial charge in [0.05, 0.1) is 22.7 Å². The Morgan fingerprint density at radius 3 is 3.05 bits per heavy atom. The molecule has 1 saturated heterocycles. The van der Waals surface area contributed by atoms with Crippen molar-refractivity contribution in [3.05, 3.63) is 21.3 Å². The van der Waals surface area contributed by atoms with Crippen molar-refractivity contribution in [2.75, 3.05) is 38.2 Å². The summed E-state index contributed by atoms with van der Waals surface area (Å²) in [7, 11) is 0. The van der Waals surface area contributed by atoms with Crippen LogP contribution in [-0.2, 0) is 10.2 Å². The maximum absolute atomic E-state index is 6.58. The number of morpholine rings is 1. The van der Waals surface area contributed by atoms with Crippen molar-refractivity contribution in [1.29, 1.82) is 0 Å². The lowest BCUT2D eigenvalue weighted by Crippen LogP contribution is -2.43. The third-order valence-corrected chi connectivity index (χ3v) is 6.46. The number of anilines is 1. The molecule has 2 atom stereocenters. The van der Waals surface area contributed by atoms with Crippen molar-refractivity contribution >= 4 is 33.3 Å². The van der Waals surface area contributed by atoms with E-state index in [2.05, 4.69) is 31.1 Å². The number of hydrogen-bond donors (Lipinski definition) is 1. The Labute approximate surface area is 138 Å². The topological polar surface area (TPSA) is 37.4 Å². The molecule has 0 bridgehead atoms. The van der Waals surface area contributed by atoms with E-state index in [4.69, 9.17) is 16.3 Å². The molecule has 2 aliphatic heterocycles. The number of pyridine rings is 1. The fraction of sp³-hybridized carbons (Fsp3) is 0.667. The van der Waals surface area contributed by atoms with E-state index in [9.17, 15) is 0 Å². The van der Waals surface area contributed by atoms with E-state index < -0.39 is 0 Å². The van der Waals surface area contributed by atoms with Crippen molar-refractivity contribution in [3.63, 3.8) is 0 Å². The first-order chi connectivity index (χ1) is 10.2. The largest absolute Gasteiger partial charge is 0.379 e. The summed E-state index contributed by atoms with van der Waals surface area (Å²) in [5, 5.41) is 4.31. The smallest absolute Gasteiger partial charge is 0.131 e. The summed E-state index contributed by atoms with van der Waals surface area (Å²) >= 11 is 10.1. The highest BCUT2D eigenvalue weighted by molar-refractivity contribution is 9.10. The van der Waals surface area contributed by atoms with Crippen molar-refractivity contribution < 1.29 is 4.74 Å². The van der Waals surface area contributed by atoms with Gasteiger partial charge in [-0.05, 0) is 35.2 Å². The molecular weight excluding hydrogens is 354 g/mol. The molecule has 114 valence electrons. The zero-order chi connectivity index (χ0) is 14.4. The molecule has 2 unspecified atom stereocenters. The summed E-state index contributed by atoms with van der Waals surface area (Å²) in [5.74, 6) is 0.978. The molecule has 1 aromatic rings. The van der Waals surface area contributed by atoms with Gasteiger partial charge in [0.2, 0.25) is 0 Å². The van der Waals surface area contributed by atoms with Gasteiger partial charge in [0, 0.05) is 42.9 Å². The minimum atomic E-state index is 0.159. The lowest BCUT2D eigenvalue weighted by atomic mass is 9.81. The second-order valence-electron chi connectivity index (χ2n) is 6.32. The predicted molar refractivity (Wildman–Crippen MR) is 87.1 cm³/mol. The number of ether oxygens (including phenoxy) is 1. The van der Waals surface area contributed by atoms with E-state index >= 15 is 0 Å². The molecule has 1 aliphatic carbocycles. The minimum absolute atomic E-state index is 0.159. The predicted octanol–water partition coefficient (Wildman–Crippen LogP) is 3.05. The van der Waals surface area contributed by atoms with E-state index in [1.807, 2.05) is 0 Å². The first-order valence-corrected chi connectivity index (χ1v) is 8.77. The van der Waals surface area contributed by atoms with Crippen LogP contribution < -0.4 is 5.32 Å². The molecular formula is C15H19BrClN3O. The Bertz CT molecular complexity index is 564. The SMILES string of the molecule is Clc1c(Br)cnc2c1C1(CCC(N3CCOCC3)C1)CN2. The van der Waals surface area contributed by atoms with Crippen LogP contribution in [0.5, 0.6) is 0 Å². The Balaban J connectivity index is 1.62. The second-order valence-corrected chi connectivity index (χ2v) is 7.55. The molecule has 4 rings (SSSR count). The summed E-state index contributed by atoms with van der Waals surface area (Å²) in [4.78, 5) is 7.09. The second kappa shape index (κ2) is 5.37. The van der Waals surface area contributed by atoms with Crippen LogP contribution in [-0.4, -0.2) is 48.8 Å². The molecule has 0 amide bonds. The maximum Gasteiger partial charge on any atom is 0.131 e. The monoisotopic (exact) mass is 371 g/mol. The summed E-state index contributed by atoms with van der Waals surface area (Å²) in [6.45, 7) is 4.82. The number of rotatable bonds is 1. The van der Waals surface area contributed by atoms with Gasteiger partial charge < -0.3 is 10.1 Å². The molecule has 6 heteroatoms. The van der Waals surface area contributed by atoms with Gasteiger partial charge in [-0.3, -0.25) is 4.90 Å². The molecule has 1 spiro atoms. The normalized spacial score (nSPS) is 32.4. The Morgan fingerprint density at radius 1 is 1.43 bits per heavy atom. The molecule has 3 heterocycles. The average Bonchev–Trinajstić information content (AvgIpc) is 3.10. The van der Waals surface area contributed by atoms with E-state index in [-0.39, 0.29) is 5.41 Å². The van der Waals surface area contributed by atoms with Crippen molar-refractivity contribution in [3.8, 4) is 0 Å². The average molecular weight is 373 g/mol. The van der Waals surface area contributed by atoms with Gasteiger partial charge in [-0.25, -0.2) is 4.98 Å². The number of hydrogen-bond acceptors (Lipinski definition) is 4. The lowest BCUT2D eigenvalue weighted by Gasteiger charge is -2.33. The summed E-state index contributed by atoms with van der Waals surface area (Å²) < 4.78 is 6.38. The number of nitrogens with one attached hydrogen (secondary N) is 1. The molecule has 1 saturated carbocycles. The molecule has 2 fully saturated rings. The van der Waals surface area contributed by atoms with Crippen LogP contribution in [0.3, 0.4) is 0 Å². The van der Waals surface area contributed by atoms with E-state index in [1.165, 1.54) is 24.8 Å². The van der Waals surface area contributed by atoms with Gasteiger partial charge in [-0.2, -0.15) is 0 Å². The maximum atomic E-state index is 6.58. The highest BCUT2D eigenvalue weighted by Gasteiger charge is 2.48. The van der Waals surface area contributed by atoms with Gasteiger partial charge >= 0.3 is 0 Å². The molecule has 0 aromatic carbocycles. The highest BCUT2D eigenvalue weighted by atomic mass is 79.9. The van der Waals surface area contributed by atoms with Crippen molar-refractivity contribution in [2.24, 2.45) is 0 Å². The first kappa shape index (κ1) is 14.2. The van der Waals surface area contributed by atoms with E-state index in [1.54, 1.807) is 6.20 Å². The Hall–Kier alpha value is -0.360. The van der Waals surface area contributed by atoms with Crippen molar-refractivity contribution in [1.82, 2.24) is 9.88 Å². The zero-order valence-electron chi connectivity index (χ0n) is 11.9. The molecule has 3 aliphatic rings. The molecule has 1 N–H and O–H groups in total. The van der Waals surface area contributed by atoms with Crippen LogP contribution in [0.25, 0.3) is 0 Å². The molecule has 4 nitrogen and oxygen atoms in total. The van der Waals surface area contributed by atoms with Crippen LogP contribution in [0.15, 0.2) is 10.7 Å². The van der Waals surface area contributed by atoms with Crippen LogP contribution in [0.2, 0.25) is 5.02 Å². The Kier molecular flexibility index (Phi) is 3.64. The third-order valence-electron chi connectivity index (χ3n) is 5.24. The van der Waals surface area contributed by atoms with E-state index in [0.717, 1.165) is 48.2 Å². The van der Waals surface area contributed by atoms with Gasteiger partial charge in [0.15, 0.2) is 0 Å². The number of fused-ring (bicyclic) bond motifs is 2. The van der Waals surface area contributed by atoms with Gasteiger partial charge in [-0.15, -0.1) is 0 Å². The minimum Gasteiger partial charge on any atom is -0.379 e. The van der Waals surface area contributed by atoms with Crippen LogP contribution in [0.1, 0.15) is 24.8 Å². The molecule has 0 radical (unpaired) electrons. The summed E-state index contributed by atoms with van der Waals surface area (Å²) in [6, 6.07) is 0.650. The van der Waals surface area contributed by atoms with Gasteiger partial charge in [0.1, 0.15) is 5.82 Å². The highest BCUT2D eigenvalue weighted by Crippen LogP contribution is 2.52. The Morgan fingerprint density at radius 2 is 2.24 bits per heavy atom.